The molecular formula is C10H15P. The van der Waals surface area contributed by atoms with Crippen molar-refractivity contribution in [3.05, 3.63) is 29.8 Å². The first kappa shape index (κ1) is 8.74. The minimum absolute atomic E-state index is 0.665. The lowest BCUT2D eigenvalue weighted by Crippen LogP contribution is -2.04. The number of hydrogen-bond acceptors (Lipinski definition) is 0. The molecular weight excluding hydrogens is 151 g/mol. The fraction of sp³-hybridized carbons (Fsp3) is 0.400. The maximum Gasteiger partial charge on any atom is -0.0213 e. The maximum absolute atomic E-state index is 2.25. The number of hydrogen-bond donors (Lipinski definition) is 0. The number of rotatable bonds is 2. The molecule has 1 aromatic carbocycles. The van der Waals surface area contributed by atoms with Crippen LogP contribution < -0.4 is 5.30 Å². The zero-order valence-electron chi connectivity index (χ0n) is 7.39. The highest BCUT2D eigenvalue weighted by Crippen LogP contribution is 2.17. The molecule has 1 aromatic rings. The monoisotopic (exact) mass is 166 g/mol. The average molecular weight is 166 g/mol. The highest BCUT2D eigenvalue weighted by molar-refractivity contribution is 7.46. The second kappa shape index (κ2) is 3.88. The molecule has 1 unspecified atom stereocenters. The van der Waals surface area contributed by atoms with Crippen LogP contribution in [0.2, 0.25) is 0 Å². The van der Waals surface area contributed by atoms with Crippen LogP contribution in [-0.2, 0) is 0 Å². The van der Waals surface area contributed by atoms with E-state index in [0.29, 0.717) is 5.92 Å². The van der Waals surface area contributed by atoms with Gasteiger partial charge in [0, 0.05) is 0 Å². The van der Waals surface area contributed by atoms with Crippen LogP contribution in [0.3, 0.4) is 0 Å². The molecule has 60 valence electrons. The van der Waals surface area contributed by atoms with Gasteiger partial charge in [-0.1, -0.05) is 46.7 Å². The van der Waals surface area contributed by atoms with Gasteiger partial charge in [0.05, 0.1) is 0 Å². The van der Waals surface area contributed by atoms with Crippen molar-refractivity contribution < 1.29 is 0 Å². The summed E-state index contributed by atoms with van der Waals surface area (Å²) in [6, 6.07) is 8.71. The zero-order chi connectivity index (χ0) is 8.27. The molecule has 0 saturated carbocycles. The summed E-state index contributed by atoms with van der Waals surface area (Å²) in [6.07, 6.45) is 0. The molecule has 11 heavy (non-hydrogen) atoms. The summed E-state index contributed by atoms with van der Waals surface area (Å²) >= 11 is 0. The standard InChI is InChI=1S/C10H15P/c1-8(2)9-6-4-5-7-10(9)11-3/h4-8,11H,1-3H3. The predicted octanol–water partition coefficient (Wildman–Crippen LogP) is 2.74. The number of benzene rings is 1. The van der Waals surface area contributed by atoms with E-state index >= 15 is 0 Å². The van der Waals surface area contributed by atoms with Crippen LogP contribution in [0.1, 0.15) is 25.3 Å². The highest BCUT2D eigenvalue weighted by Gasteiger charge is 2.02. The van der Waals surface area contributed by atoms with Crippen molar-refractivity contribution >= 4 is 13.9 Å². The van der Waals surface area contributed by atoms with Gasteiger partial charge in [-0.3, -0.25) is 0 Å². The van der Waals surface area contributed by atoms with Gasteiger partial charge in [0.25, 0.3) is 0 Å². The molecule has 1 rings (SSSR count). The summed E-state index contributed by atoms with van der Waals surface area (Å²) < 4.78 is 0. The Hall–Kier alpha value is -0.350. The molecule has 1 heteroatoms. The largest absolute Gasteiger partial charge is 0.0933 e. The van der Waals surface area contributed by atoms with Gasteiger partial charge in [-0.2, -0.15) is 0 Å². The molecule has 0 spiro atoms. The van der Waals surface area contributed by atoms with Crippen molar-refractivity contribution in [3.63, 3.8) is 0 Å². The van der Waals surface area contributed by atoms with Crippen LogP contribution >= 0.6 is 8.58 Å². The second-order valence-corrected chi connectivity index (χ2v) is 4.03. The molecule has 0 aliphatic heterocycles. The molecule has 0 aliphatic rings. The lowest BCUT2D eigenvalue weighted by molar-refractivity contribution is 0.874. The third kappa shape index (κ3) is 2.04. The SMILES string of the molecule is CPc1ccccc1C(C)C. The average Bonchev–Trinajstić information content (AvgIpc) is 2.04. The van der Waals surface area contributed by atoms with Crippen molar-refractivity contribution in [2.45, 2.75) is 19.8 Å². The quantitative estimate of drug-likeness (QED) is 0.592. The summed E-state index contributed by atoms with van der Waals surface area (Å²) in [5.74, 6) is 0.665. The molecule has 0 aliphatic carbocycles. The summed E-state index contributed by atoms with van der Waals surface area (Å²) in [6.45, 7) is 6.74. The van der Waals surface area contributed by atoms with Crippen molar-refractivity contribution in [2.24, 2.45) is 0 Å². The van der Waals surface area contributed by atoms with E-state index in [1.807, 2.05) is 0 Å². The fourth-order valence-electron chi connectivity index (χ4n) is 1.23. The molecule has 0 nitrogen and oxygen atoms in total. The van der Waals surface area contributed by atoms with Crippen LogP contribution in [0.5, 0.6) is 0 Å². The molecule has 0 radical (unpaired) electrons. The second-order valence-electron chi connectivity index (χ2n) is 2.99. The van der Waals surface area contributed by atoms with E-state index in [0.717, 1.165) is 8.58 Å². The van der Waals surface area contributed by atoms with E-state index < -0.39 is 0 Å². The predicted molar refractivity (Wildman–Crippen MR) is 54.4 cm³/mol. The summed E-state index contributed by atoms with van der Waals surface area (Å²) in [5.41, 5.74) is 1.51. The summed E-state index contributed by atoms with van der Waals surface area (Å²) in [7, 11) is 0.922. The molecule has 0 aromatic heterocycles. The Labute approximate surface area is 70.8 Å². The van der Waals surface area contributed by atoms with Gasteiger partial charge in [-0.15, -0.1) is 0 Å². The van der Waals surface area contributed by atoms with Gasteiger partial charge in [0.1, 0.15) is 0 Å². The van der Waals surface area contributed by atoms with E-state index in [4.69, 9.17) is 0 Å². The van der Waals surface area contributed by atoms with E-state index in [1.54, 1.807) is 0 Å². The molecule has 1 atom stereocenters. The van der Waals surface area contributed by atoms with Gasteiger partial charge in [-0.25, -0.2) is 0 Å². The van der Waals surface area contributed by atoms with E-state index in [-0.39, 0.29) is 0 Å². The first-order valence-electron chi connectivity index (χ1n) is 4.02. The Kier molecular flexibility index (Phi) is 3.08. The van der Waals surface area contributed by atoms with Gasteiger partial charge < -0.3 is 0 Å². The molecule has 0 bridgehead atoms. The van der Waals surface area contributed by atoms with Crippen LogP contribution in [0.15, 0.2) is 24.3 Å². The first-order chi connectivity index (χ1) is 5.25. The van der Waals surface area contributed by atoms with E-state index in [1.165, 1.54) is 10.9 Å². The lowest BCUT2D eigenvalue weighted by Gasteiger charge is -2.09. The van der Waals surface area contributed by atoms with Gasteiger partial charge >= 0.3 is 0 Å². The fourth-order valence-corrected chi connectivity index (χ4v) is 2.15. The summed E-state index contributed by atoms with van der Waals surface area (Å²) in [5, 5.41) is 1.52. The third-order valence-electron chi connectivity index (χ3n) is 1.85. The molecule has 0 amide bonds. The Morgan fingerprint density at radius 2 is 1.82 bits per heavy atom. The third-order valence-corrected chi connectivity index (χ3v) is 2.85. The van der Waals surface area contributed by atoms with Gasteiger partial charge in [0.15, 0.2) is 0 Å². The van der Waals surface area contributed by atoms with Crippen LogP contribution in [0, 0.1) is 0 Å². The van der Waals surface area contributed by atoms with Crippen molar-refractivity contribution in [2.75, 3.05) is 6.66 Å². The maximum atomic E-state index is 2.25. The van der Waals surface area contributed by atoms with E-state index in [9.17, 15) is 0 Å². The van der Waals surface area contributed by atoms with Crippen molar-refractivity contribution in [3.8, 4) is 0 Å². The smallest absolute Gasteiger partial charge is 0.0213 e. The Bertz CT molecular complexity index is 228. The van der Waals surface area contributed by atoms with Crippen LogP contribution in [-0.4, -0.2) is 6.66 Å². The van der Waals surface area contributed by atoms with Crippen LogP contribution in [0.4, 0.5) is 0 Å². The topological polar surface area (TPSA) is 0 Å². The normalized spacial score (nSPS) is 11.6. The Morgan fingerprint density at radius 1 is 1.18 bits per heavy atom. The highest BCUT2D eigenvalue weighted by atomic mass is 31.1. The minimum atomic E-state index is 0.665. The first-order valence-corrected chi connectivity index (χ1v) is 5.52. The molecule has 0 saturated heterocycles. The van der Waals surface area contributed by atoms with Gasteiger partial charge in [0.2, 0.25) is 0 Å². The van der Waals surface area contributed by atoms with E-state index in [2.05, 4.69) is 44.8 Å². The lowest BCUT2D eigenvalue weighted by atomic mass is 10.0. The molecule has 0 N–H and O–H groups in total. The summed E-state index contributed by atoms with van der Waals surface area (Å²) in [4.78, 5) is 0. The van der Waals surface area contributed by atoms with Crippen molar-refractivity contribution in [1.29, 1.82) is 0 Å². The van der Waals surface area contributed by atoms with Crippen LogP contribution in [0.25, 0.3) is 0 Å². The zero-order valence-corrected chi connectivity index (χ0v) is 8.39. The minimum Gasteiger partial charge on any atom is -0.0933 e. The van der Waals surface area contributed by atoms with Gasteiger partial charge in [-0.05, 0) is 23.5 Å². The van der Waals surface area contributed by atoms with Crippen molar-refractivity contribution in [1.82, 2.24) is 0 Å². The Morgan fingerprint density at radius 3 is 2.27 bits per heavy atom. The molecule has 0 fully saturated rings. The Balaban J connectivity index is 3.02. The molecule has 0 heterocycles.